The molecule has 0 saturated carbocycles. The van der Waals surface area contributed by atoms with Crippen LogP contribution >= 0.6 is 0 Å². The van der Waals surface area contributed by atoms with E-state index in [-0.39, 0.29) is 0 Å². The fourth-order valence-electron chi connectivity index (χ4n) is 1.36. The molecular formula is C12H16N2. The van der Waals surface area contributed by atoms with E-state index < -0.39 is 0 Å². The summed E-state index contributed by atoms with van der Waals surface area (Å²) in [5.74, 6) is 5.97. The third-order valence-corrected chi connectivity index (χ3v) is 2.13. The summed E-state index contributed by atoms with van der Waals surface area (Å²) in [7, 11) is 1.96. The Labute approximate surface area is 85.8 Å². The molecule has 2 heteroatoms. The van der Waals surface area contributed by atoms with E-state index in [0.29, 0.717) is 6.04 Å². The lowest BCUT2D eigenvalue weighted by atomic mass is 10.1. The van der Waals surface area contributed by atoms with Gasteiger partial charge in [0, 0.05) is 12.6 Å². The molecule has 0 aliphatic heterocycles. The molecule has 0 aliphatic carbocycles. The first-order chi connectivity index (χ1) is 6.88. The largest absolute Gasteiger partial charge is 0.312 e. The Morgan fingerprint density at radius 3 is 2.93 bits per heavy atom. The van der Waals surface area contributed by atoms with Gasteiger partial charge in [-0.15, -0.1) is 11.8 Å². The van der Waals surface area contributed by atoms with Crippen molar-refractivity contribution in [2.45, 2.75) is 25.8 Å². The van der Waals surface area contributed by atoms with Crippen molar-refractivity contribution in [1.82, 2.24) is 10.3 Å². The lowest BCUT2D eigenvalue weighted by Gasteiger charge is -2.13. The summed E-state index contributed by atoms with van der Waals surface area (Å²) in [4.78, 5) is 4.32. The van der Waals surface area contributed by atoms with E-state index in [2.05, 4.69) is 22.1 Å². The van der Waals surface area contributed by atoms with Gasteiger partial charge in [-0.05, 0) is 32.5 Å². The highest BCUT2D eigenvalue weighted by atomic mass is 14.9. The lowest BCUT2D eigenvalue weighted by molar-refractivity contribution is 0.544. The highest BCUT2D eigenvalue weighted by molar-refractivity contribution is 5.09. The third kappa shape index (κ3) is 3.20. The van der Waals surface area contributed by atoms with Crippen LogP contribution in [0.1, 0.15) is 31.5 Å². The van der Waals surface area contributed by atoms with Crippen molar-refractivity contribution in [3.05, 3.63) is 30.1 Å². The minimum atomic E-state index is 0.317. The van der Waals surface area contributed by atoms with E-state index in [9.17, 15) is 0 Å². The molecule has 0 saturated heterocycles. The van der Waals surface area contributed by atoms with Crippen LogP contribution in [0, 0.1) is 11.8 Å². The first kappa shape index (κ1) is 10.7. The predicted molar refractivity (Wildman–Crippen MR) is 58.7 cm³/mol. The van der Waals surface area contributed by atoms with E-state index in [1.54, 1.807) is 0 Å². The SMILES string of the molecule is CC#CCCC(NC)c1ccccn1. The standard InChI is InChI=1S/C12H16N2/c1-3-4-5-8-11(13-2)12-9-6-7-10-14-12/h6-7,9-11,13H,5,8H2,1-2H3. The smallest absolute Gasteiger partial charge is 0.0573 e. The molecule has 0 amide bonds. The van der Waals surface area contributed by atoms with Gasteiger partial charge in [0.05, 0.1) is 11.7 Å². The second-order valence-corrected chi connectivity index (χ2v) is 3.06. The van der Waals surface area contributed by atoms with Gasteiger partial charge in [-0.2, -0.15) is 0 Å². The Morgan fingerprint density at radius 1 is 1.50 bits per heavy atom. The van der Waals surface area contributed by atoms with E-state index >= 15 is 0 Å². The Balaban J connectivity index is 2.57. The maximum Gasteiger partial charge on any atom is 0.0573 e. The Morgan fingerprint density at radius 2 is 2.36 bits per heavy atom. The lowest BCUT2D eigenvalue weighted by Crippen LogP contribution is -2.17. The van der Waals surface area contributed by atoms with Crippen LogP contribution < -0.4 is 5.32 Å². The van der Waals surface area contributed by atoms with Crippen molar-refractivity contribution in [3.8, 4) is 11.8 Å². The third-order valence-electron chi connectivity index (χ3n) is 2.13. The molecule has 14 heavy (non-hydrogen) atoms. The Bertz CT molecular complexity index is 308. The van der Waals surface area contributed by atoms with Gasteiger partial charge in [0.25, 0.3) is 0 Å². The number of nitrogens with zero attached hydrogens (tertiary/aromatic N) is 1. The van der Waals surface area contributed by atoms with Gasteiger partial charge in [0.2, 0.25) is 0 Å². The number of aromatic nitrogens is 1. The quantitative estimate of drug-likeness (QED) is 0.732. The zero-order valence-corrected chi connectivity index (χ0v) is 8.75. The molecule has 1 aromatic rings. The average Bonchev–Trinajstić information content (AvgIpc) is 2.26. The number of hydrogen-bond donors (Lipinski definition) is 1. The summed E-state index contributed by atoms with van der Waals surface area (Å²) in [6, 6.07) is 6.30. The molecule has 1 heterocycles. The molecule has 2 nitrogen and oxygen atoms in total. The van der Waals surface area contributed by atoms with Crippen LogP contribution in [-0.2, 0) is 0 Å². The molecule has 1 N–H and O–H groups in total. The first-order valence-corrected chi connectivity index (χ1v) is 4.86. The molecular weight excluding hydrogens is 172 g/mol. The number of hydrogen-bond acceptors (Lipinski definition) is 2. The second kappa shape index (κ2) is 6.17. The van der Waals surface area contributed by atoms with E-state index in [1.807, 2.05) is 38.4 Å². The van der Waals surface area contributed by atoms with Crippen LogP contribution in [0.5, 0.6) is 0 Å². The van der Waals surface area contributed by atoms with Gasteiger partial charge < -0.3 is 5.32 Å². The molecule has 1 unspecified atom stereocenters. The van der Waals surface area contributed by atoms with Gasteiger partial charge in [-0.1, -0.05) is 6.07 Å². The molecule has 0 fully saturated rings. The van der Waals surface area contributed by atoms with Gasteiger partial charge in [-0.3, -0.25) is 4.98 Å². The predicted octanol–water partition coefficient (Wildman–Crippen LogP) is 2.15. The maximum absolute atomic E-state index is 4.32. The molecule has 1 rings (SSSR count). The first-order valence-electron chi connectivity index (χ1n) is 4.86. The van der Waals surface area contributed by atoms with Crippen molar-refractivity contribution >= 4 is 0 Å². The van der Waals surface area contributed by atoms with Crippen LogP contribution in [0.15, 0.2) is 24.4 Å². The van der Waals surface area contributed by atoms with Crippen LogP contribution in [-0.4, -0.2) is 12.0 Å². The van der Waals surface area contributed by atoms with E-state index in [1.165, 1.54) is 0 Å². The molecule has 74 valence electrons. The maximum atomic E-state index is 4.32. The van der Waals surface area contributed by atoms with Crippen LogP contribution in [0.4, 0.5) is 0 Å². The van der Waals surface area contributed by atoms with E-state index in [0.717, 1.165) is 18.5 Å². The molecule has 0 bridgehead atoms. The van der Waals surface area contributed by atoms with Gasteiger partial charge in [0.15, 0.2) is 0 Å². The van der Waals surface area contributed by atoms with Crippen molar-refractivity contribution in [3.63, 3.8) is 0 Å². The summed E-state index contributed by atoms with van der Waals surface area (Å²) < 4.78 is 0. The zero-order valence-electron chi connectivity index (χ0n) is 8.75. The fraction of sp³-hybridized carbons (Fsp3) is 0.417. The molecule has 0 aliphatic rings. The van der Waals surface area contributed by atoms with Gasteiger partial charge in [0.1, 0.15) is 0 Å². The molecule has 1 aromatic heterocycles. The molecule has 0 aromatic carbocycles. The monoisotopic (exact) mass is 188 g/mol. The number of pyridine rings is 1. The summed E-state index contributed by atoms with van der Waals surface area (Å²) >= 11 is 0. The Hall–Kier alpha value is -1.33. The van der Waals surface area contributed by atoms with Crippen molar-refractivity contribution in [2.24, 2.45) is 0 Å². The number of rotatable bonds is 4. The summed E-state index contributed by atoms with van der Waals surface area (Å²) in [6.07, 6.45) is 3.75. The summed E-state index contributed by atoms with van der Waals surface area (Å²) in [5.41, 5.74) is 1.09. The van der Waals surface area contributed by atoms with Gasteiger partial charge in [-0.25, -0.2) is 0 Å². The highest BCUT2D eigenvalue weighted by Gasteiger charge is 2.07. The van der Waals surface area contributed by atoms with Crippen LogP contribution in [0.2, 0.25) is 0 Å². The summed E-state index contributed by atoms with van der Waals surface area (Å²) in [6.45, 7) is 1.87. The fourth-order valence-corrected chi connectivity index (χ4v) is 1.36. The molecule has 0 spiro atoms. The molecule has 0 radical (unpaired) electrons. The van der Waals surface area contributed by atoms with Crippen molar-refractivity contribution in [2.75, 3.05) is 7.05 Å². The van der Waals surface area contributed by atoms with E-state index in [4.69, 9.17) is 0 Å². The highest BCUT2D eigenvalue weighted by Crippen LogP contribution is 2.14. The average molecular weight is 188 g/mol. The zero-order chi connectivity index (χ0) is 10.2. The topological polar surface area (TPSA) is 24.9 Å². The minimum Gasteiger partial charge on any atom is -0.312 e. The minimum absolute atomic E-state index is 0.317. The van der Waals surface area contributed by atoms with Crippen molar-refractivity contribution in [1.29, 1.82) is 0 Å². The van der Waals surface area contributed by atoms with Crippen molar-refractivity contribution < 1.29 is 0 Å². The summed E-state index contributed by atoms with van der Waals surface area (Å²) in [5, 5.41) is 3.25. The van der Waals surface area contributed by atoms with Crippen LogP contribution in [0.25, 0.3) is 0 Å². The number of nitrogens with one attached hydrogen (secondary N) is 1. The Kier molecular flexibility index (Phi) is 4.74. The van der Waals surface area contributed by atoms with Crippen LogP contribution in [0.3, 0.4) is 0 Å². The van der Waals surface area contributed by atoms with Gasteiger partial charge >= 0.3 is 0 Å². The normalized spacial score (nSPS) is 11.6. The second-order valence-electron chi connectivity index (χ2n) is 3.06. The molecule has 1 atom stereocenters.